The predicted molar refractivity (Wildman–Crippen MR) is 126 cm³/mol. The topological polar surface area (TPSA) is 66.5 Å². The Kier molecular flexibility index (Phi) is 5.59. The molecule has 1 fully saturated rings. The number of piperazine rings is 1. The molecule has 1 aliphatic rings. The zero-order chi connectivity index (χ0) is 22.1. The molecule has 5 rings (SSSR count). The number of anilines is 2. The molecular formula is C24H24ClN5O2. The van der Waals surface area contributed by atoms with Gasteiger partial charge in [0.15, 0.2) is 5.76 Å². The first-order chi connectivity index (χ1) is 15.6. The summed E-state index contributed by atoms with van der Waals surface area (Å²) in [5, 5.41) is 3.43. The third-order valence-corrected chi connectivity index (χ3v) is 6.21. The second-order valence-electron chi connectivity index (χ2n) is 7.94. The fourth-order valence-corrected chi connectivity index (χ4v) is 4.43. The number of hydrogen-bond donors (Lipinski definition) is 1. The predicted octanol–water partition coefficient (Wildman–Crippen LogP) is 4.39. The van der Waals surface area contributed by atoms with Crippen molar-refractivity contribution in [2.75, 3.05) is 36.4 Å². The molecule has 0 bridgehead atoms. The van der Waals surface area contributed by atoms with Crippen LogP contribution in [0.4, 0.5) is 11.4 Å². The smallest absolute Gasteiger partial charge is 0.291 e. The number of rotatable bonds is 5. The standard InChI is InChI=1S/C24H24ClN5O2/c1-28-21-6-3-2-5-19(21)27-23(28)16-29-10-12-30(13-11-29)20-9-8-17(15-18(20)25)26-24(31)22-7-4-14-32-22/h2-9,14-15H,10-13,16H2,1H3,(H,26,31). The van der Waals surface area contributed by atoms with Gasteiger partial charge in [0, 0.05) is 38.9 Å². The molecule has 7 nitrogen and oxygen atoms in total. The highest BCUT2D eigenvalue weighted by Gasteiger charge is 2.21. The molecule has 0 aliphatic carbocycles. The molecule has 4 aromatic rings. The minimum Gasteiger partial charge on any atom is -0.459 e. The molecule has 2 aromatic carbocycles. The number of benzene rings is 2. The number of furan rings is 1. The molecule has 1 N–H and O–H groups in total. The minimum atomic E-state index is -0.297. The number of aromatic nitrogens is 2. The molecule has 0 spiro atoms. The lowest BCUT2D eigenvalue weighted by Gasteiger charge is -2.36. The van der Waals surface area contributed by atoms with Gasteiger partial charge in [0.2, 0.25) is 0 Å². The van der Waals surface area contributed by atoms with Crippen LogP contribution in [0.5, 0.6) is 0 Å². The Labute approximate surface area is 191 Å². The van der Waals surface area contributed by atoms with Crippen molar-refractivity contribution in [1.82, 2.24) is 14.5 Å². The zero-order valence-electron chi connectivity index (χ0n) is 17.8. The van der Waals surface area contributed by atoms with Gasteiger partial charge in [0.1, 0.15) is 5.82 Å². The van der Waals surface area contributed by atoms with Gasteiger partial charge in [-0.15, -0.1) is 0 Å². The van der Waals surface area contributed by atoms with Crippen LogP contribution in [0, 0.1) is 0 Å². The molecule has 0 atom stereocenters. The van der Waals surface area contributed by atoms with E-state index in [4.69, 9.17) is 21.0 Å². The third-order valence-electron chi connectivity index (χ3n) is 5.91. The number of amides is 1. The second kappa shape index (κ2) is 8.68. The van der Waals surface area contributed by atoms with Gasteiger partial charge in [-0.25, -0.2) is 4.98 Å². The SMILES string of the molecule is Cn1c(CN2CCN(c3ccc(NC(=O)c4ccco4)cc3Cl)CC2)nc2ccccc21. The Bertz CT molecular complexity index is 1240. The van der Waals surface area contributed by atoms with E-state index in [0.717, 1.165) is 55.3 Å². The fourth-order valence-electron chi connectivity index (χ4n) is 4.13. The Morgan fingerprint density at radius 3 is 2.62 bits per heavy atom. The summed E-state index contributed by atoms with van der Waals surface area (Å²) in [4.78, 5) is 21.7. The third kappa shape index (κ3) is 4.09. The summed E-state index contributed by atoms with van der Waals surface area (Å²) in [5.74, 6) is 1.05. The molecule has 1 aliphatic heterocycles. The van der Waals surface area contributed by atoms with Crippen molar-refractivity contribution in [2.24, 2.45) is 7.05 Å². The number of para-hydroxylation sites is 2. The summed E-state index contributed by atoms with van der Waals surface area (Å²) in [5.41, 5.74) is 3.81. The Morgan fingerprint density at radius 1 is 1.09 bits per heavy atom. The summed E-state index contributed by atoms with van der Waals surface area (Å²) < 4.78 is 7.30. The van der Waals surface area contributed by atoms with E-state index in [9.17, 15) is 4.79 Å². The van der Waals surface area contributed by atoms with E-state index in [1.165, 1.54) is 6.26 Å². The lowest BCUT2D eigenvalue weighted by atomic mass is 10.2. The van der Waals surface area contributed by atoms with Crippen molar-refractivity contribution < 1.29 is 9.21 Å². The van der Waals surface area contributed by atoms with E-state index in [-0.39, 0.29) is 11.7 Å². The van der Waals surface area contributed by atoms with Gasteiger partial charge in [-0.05, 0) is 42.5 Å². The highest BCUT2D eigenvalue weighted by molar-refractivity contribution is 6.33. The van der Waals surface area contributed by atoms with Crippen LogP contribution in [-0.2, 0) is 13.6 Å². The van der Waals surface area contributed by atoms with E-state index in [2.05, 4.69) is 38.9 Å². The van der Waals surface area contributed by atoms with Gasteiger partial charge >= 0.3 is 0 Å². The highest BCUT2D eigenvalue weighted by atomic mass is 35.5. The van der Waals surface area contributed by atoms with Crippen LogP contribution < -0.4 is 10.2 Å². The van der Waals surface area contributed by atoms with E-state index in [1.807, 2.05) is 24.3 Å². The summed E-state index contributed by atoms with van der Waals surface area (Å²) >= 11 is 6.56. The molecule has 0 radical (unpaired) electrons. The van der Waals surface area contributed by atoms with Crippen molar-refractivity contribution in [3.05, 3.63) is 77.5 Å². The van der Waals surface area contributed by atoms with Crippen LogP contribution in [0.15, 0.2) is 65.3 Å². The maximum Gasteiger partial charge on any atom is 0.291 e. The summed E-state index contributed by atoms with van der Waals surface area (Å²) in [6.45, 7) is 4.43. The van der Waals surface area contributed by atoms with Gasteiger partial charge in [0.05, 0.1) is 34.6 Å². The van der Waals surface area contributed by atoms with Crippen molar-refractivity contribution in [2.45, 2.75) is 6.54 Å². The molecule has 0 saturated carbocycles. The van der Waals surface area contributed by atoms with Crippen molar-refractivity contribution >= 4 is 39.9 Å². The molecular weight excluding hydrogens is 426 g/mol. The van der Waals surface area contributed by atoms with Crippen molar-refractivity contribution in [3.63, 3.8) is 0 Å². The van der Waals surface area contributed by atoms with Crippen LogP contribution >= 0.6 is 11.6 Å². The zero-order valence-corrected chi connectivity index (χ0v) is 18.5. The van der Waals surface area contributed by atoms with E-state index in [0.29, 0.717) is 10.7 Å². The van der Waals surface area contributed by atoms with Gasteiger partial charge in [0.25, 0.3) is 5.91 Å². The number of carbonyl (C=O) groups excluding carboxylic acids is 1. The van der Waals surface area contributed by atoms with Crippen LogP contribution in [0.1, 0.15) is 16.4 Å². The molecule has 0 unspecified atom stereocenters. The molecule has 1 saturated heterocycles. The number of imidazole rings is 1. The Morgan fingerprint density at radius 2 is 1.91 bits per heavy atom. The number of fused-ring (bicyclic) bond motifs is 1. The van der Waals surface area contributed by atoms with Crippen LogP contribution in [0.25, 0.3) is 11.0 Å². The Hall–Kier alpha value is -3.29. The second-order valence-corrected chi connectivity index (χ2v) is 8.34. The van der Waals surface area contributed by atoms with Crippen LogP contribution in [0.2, 0.25) is 5.02 Å². The number of aryl methyl sites for hydroxylation is 1. The number of halogens is 1. The fraction of sp³-hybridized carbons (Fsp3) is 0.250. The number of hydrogen-bond acceptors (Lipinski definition) is 5. The van der Waals surface area contributed by atoms with E-state index >= 15 is 0 Å². The largest absolute Gasteiger partial charge is 0.459 e. The monoisotopic (exact) mass is 449 g/mol. The summed E-state index contributed by atoms with van der Waals surface area (Å²) in [6.07, 6.45) is 1.47. The molecule has 164 valence electrons. The molecule has 1 amide bonds. The normalized spacial score (nSPS) is 14.8. The average Bonchev–Trinajstić information content (AvgIpc) is 3.44. The van der Waals surface area contributed by atoms with Crippen molar-refractivity contribution in [3.8, 4) is 0 Å². The number of nitrogens with zero attached hydrogens (tertiary/aromatic N) is 4. The summed E-state index contributed by atoms with van der Waals surface area (Å²) in [6, 6.07) is 17.1. The quantitative estimate of drug-likeness (QED) is 0.489. The Balaban J connectivity index is 1.21. The van der Waals surface area contributed by atoms with Crippen molar-refractivity contribution in [1.29, 1.82) is 0 Å². The first-order valence-electron chi connectivity index (χ1n) is 10.6. The maximum atomic E-state index is 12.2. The lowest BCUT2D eigenvalue weighted by molar-refractivity contribution is 0.0996. The van der Waals surface area contributed by atoms with E-state index < -0.39 is 0 Å². The van der Waals surface area contributed by atoms with Crippen LogP contribution in [-0.4, -0.2) is 46.5 Å². The first kappa shape index (κ1) is 20.6. The number of carbonyl (C=O) groups is 1. The summed E-state index contributed by atoms with van der Waals surface area (Å²) in [7, 11) is 2.08. The average molecular weight is 450 g/mol. The van der Waals surface area contributed by atoms with Gasteiger partial charge < -0.3 is 19.2 Å². The molecule has 2 aromatic heterocycles. The number of nitrogens with one attached hydrogen (secondary N) is 1. The van der Waals surface area contributed by atoms with Gasteiger partial charge in [-0.2, -0.15) is 0 Å². The molecule has 32 heavy (non-hydrogen) atoms. The van der Waals surface area contributed by atoms with E-state index in [1.54, 1.807) is 18.2 Å². The highest BCUT2D eigenvalue weighted by Crippen LogP contribution is 2.30. The van der Waals surface area contributed by atoms with Gasteiger partial charge in [-0.3, -0.25) is 9.69 Å². The maximum absolute atomic E-state index is 12.2. The van der Waals surface area contributed by atoms with Crippen LogP contribution in [0.3, 0.4) is 0 Å². The first-order valence-corrected chi connectivity index (χ1v) is 11.0. The molecule has 8 heteroatoms. The molecule has 3 heterocycles. The minimum absolute atomic E-state index is 0.266. The lowest BCUT2D eigenvalue weighted by Crippen LogP contribution is -2.46. The van der Waals surface area contributed by atoms with Gasteiger partial charge in [-0.1, -0.05) is 23.7 Å².